The van der Waals surface area contributed by atoms with Gasteiger partial charge in [-0.2, -0.15) is 13.2 Å². The topological polar surface area (TPSA) is 103 Å². The molecule has 3 aromatic rings. The van der Waals surface area contributed by atoms with Crippen LogP contribution in [0.15, 0.2) is 24.4 Å². The molecule has 0 aliphatic carbocycles. The van der Waals surface area contributed by atoms with Crippen molar-refractivity contribution in [1.82, 2.24) is 19.5 Å². The Balaban J connectivity index is 1.77. The molecule has 0 saturated carbocycles. The average molecular weight is 451 g/mol. The molecule has 0 saturated heterocycles. The number of carbonyl (C=O) groups is 2. The van der Waals surface area contributed by atoms with Crippen LogP contribution in [-0.4, -0.2) is 50.2 Å². The lowest BCUT2D eigenvalue weighted by atomic mass is 10.0. The normalized spacial score (nSPS) is 14.7. The van der Waals surface area contributed by atoms with E-state index in [0.717, 1.165) is 13.0 Å². The highest BCUT2D eigenvalue weighted by Gasteiger charge is 2.45. The second-order valence-corrected chi connectivity index (χ2v) is 7.20. The Hall–Kier alpha value is -3.70. The lowest BCUT2D eigenvalue weighted by Crippen LogP contribution is -2.43. The van der Waals surface area contributed by atoms with Crippen molar-refractivity contribution in [2.75, 3.05) is 12.3 Å². The summed E-state index contributed by atoms with van der Waals surface area (Å²) in [5, 5.41) is 3.99. The second kappa shape index (κ2) is 7.46. The maximum absolute atomic E-state index is 14.8. The third kappa shape index (κ3) is 3.41. The van der Waals surface area contributed by atoms with Gasteiger partial charge in [-0.15, -0.1) is 5.10 Å². The zero-order valence-corrected chi connectivity index (χ0v) is 16.9. The molecule has 3 heterocycles. The number of halogens is 4. The van der Waals surface area contributed by atoms with Crippen molar-refractivity contribution in [3.8, 4) is 11.3 Å². The molecule has 4 rings (SSSR count). The average Bonchev–Trinajstić information content (AvgIpc) is 3.22. The standard InChI is InChI=1S/C20H17F4N5O3/c1-3-32-19(31)15-16(25)27-29-5-4-13(26-17(15)29)10-6-11-8-28(9(2)20(22,23)24)18(30)14(11)12(21)7-10/h4-7,9H,3,8H2,1-2H3,(H2,25,27)/t9-/m0/s1. The van der Waals surface area contributed by atoms with Crippen molar-refractivity contribution in [1.29, 1.82) is 0 Å². The number of nitrogen functional groups attached to an aromatic ring is 1. The molecule has 32 heavy (non-hydrogen) atoms. The summed E-state index contributed by atoms with van der Waals surface area (Å²) in [6, 6.07) is 1.83. The molecule has 168 valence electrons. The van der Waals surface area contributed by atoms with E-state index in [4.69, 9.17) is 10.5 Å². The van der Waals surface area contributed by atoms with Crippen molar-refractivity contribution in [2.24, 2.45) is 0 Å². The number of amides is 1. The van der Waals surface area contributed by atoms with Crippen molar-refractivity contribution >= 4 is 23.3 Å². The molecule has 2 N–H and O–H groups in total. The Labute approximate surface area is 178 Å². The summed E-state index contributed by atoms with van der Waals surface area (Å²) in [7, 11) is 0. The predicted molar refractivity (Wildman–Crippen MR) is 104 cm³/mol. The SMILES string of the molecule is CCOC(=O)c1c(N)nn2ccc(-c3cc(F)c4c(c3)CN([C@@H](C)C(F)(F)F)C4=O)nc12. The van der Waals surface area contributed by atoms with Crippen LogP contribution in [0.3, 0.4) is 0 Å². The first kappa shape index (κ1) is 21.5. The van der Waals surface area contributed by atoms with Gasteiger partial charge in [-0.05, 0) is 37.6 Å². The van der Waals surface area contributed by atoms with Crippen LogP contribution < -0.4 is 5.73 Å². The van der Waals surface area contributed by atoms with E-state index in [9.17, 15) is 27.2 Å². The minimum atomic E-state index is -4.64. The largest absolute Gasteiger partial charge is 0.462 e. The number of carbonyl (C=O) groups excluding carboxylic acids is 2. The van der Waals surface area contributed by atoms with E-state index in [1.165, 1.54) is 22.8 Å². The molecule has 2 aromatic heterocycles. The van der Waals surface area contributed by atoms with E-state index >= 15 is 0 Å². The third-order valence-corrected chi connectivity index (χ3v) is 5.22. The molecule has 1 aliphatic rings. The van der Waals surface area contributed by atoms with Gasteiger partial charge in [0.25, 0.3) is 5.91 Å². The van der Waals surface area contributed by atoms with E-state index < -0.39 is 42.0 Å². The number of aromatic nitrogens is 3. The van der Waals surface area contributed by atoms with Gasteiger partial charge in [0.05, 0.1) is 17.9 Å². The molecule has 1 aliphatic heterocycles. The number of benzene rings is 1. The molecule has 1 aromatic carbocycles. The van der Waals surface area contributed by atoms with E-state index in [0.29, 0.717) is 4.90 Å². The number of nitrogens with zero attached hydrogens (tertiary/aromatic N) is 4. The van der Waals surface area contributed by atoms with Crippen LogP contribution in [0.1, 0.15) is 40.1 Å². The van der Waals surface area contributed by atoms with Gasteiger partial charge in [0, 0.05) is 18.3 Å². The number of nitrogens with two attached hydrogens (primary N) is 1. The van der Waals surface area contributed by atoms with E-state index in [1.807, 2.05) is 0 Å². The summed E-state index contributed by atoms with van der Waals surface area (Å²) >= 11 is 0. The van der Waals surface area contributed by atoms with E-state index in [-0.39, 0.29) is 40.5 Å². The lowest BCUT2D eigenvalue weighted by molar-refractivity contribution is -0.172. The number of ether oxygens (including phenoxy) is 1. The van der Waals surface area contributed by atoms with Crippen molar-refractivity contribution in [3.05, 3.63) is 46.9 Å². The highest BCUT2D eigenvalue weighted by Crippen LogP contribution is 2.35. The van der Waals surface area contributed by atoms with Crippen LogP contribution in [0.25, 0.3) is 16.9 Å². The van der Waals surface area contributed by atoms with Crippen LogP contribution in [0.4, 0.5) is 23.4 Å². The first-order chi connectivity index (χ1) is 15.0. The number of anilines is 1. The molecule has 0 spiro atoms. The van der Waals surface area contributed by atoms with Crippen molar-refractivity contribution in [2.45, 2.75) is 32.6 Å². The quantitative estimate of drug-likeness (QED) is 0.483. The number of hydrogen-bond donors (Lipinski definition) is 1. The molecule has 8 nitrogen and oxygen atoms in total. The summed E-state index contributed by atoms with van der Waals surface area (Å²) in [5.41, 5.74) is 5.95. The Kier molecular flexibility index (Phi) is 5.02. The molecule has 0 fully saturated rings. The van der Waals surface area contributed by atoms with Crippen LogP contribution >= 0.6 is 0 Å². The third-order valence-electron chi connectivity index (χ3n) is 5.22. The number of fused-ring (bicyclic) bond motifs is 2. The Morgan fingerprint density at radius 2 is 2.06 bits per heavy atom. The molecule has 0 radical (unpaired) electrons. The summed E-state index contributed by atoms with van der Waals surface area (Å²) in [5.74, 6) is -2.81. The van der Waals surface area contributed by atoms with Gasteiger partial charge in [-0.3, -0.25) is 4.79 Å². The molecule has 0 bridgehead atoms. The minimum absolute atomic E-state index is 0.0595. The van der Waals surface area contributed by atoms with Crippen LogP contribution in [0.2, 0.25) is 0 Å². The lowest BCUT2D eigenvalue weighted by Gasteiger charge is -2.26. The molecular weight excluding hydrogens is 434 g/mol. The molecule has 1 atom stereocenters. The molecule has 12 heteroatoms. The fourth-order valence-electron chi connectivity index (χ4n) is 3.57. The van der Waals surface area contributed by atoms with E-state index in [1.54, 1.807) is 6.92 Å². The summed E-state index contributed by atoms with van der Waals surface area (Å²) in [6.07, 6.45) is -3.19. The first-order valence-corrected chi connectivity index (χ1v) is 9.55. The Bertz CT molecular complexity index is 1250. The molecular formula is C20H17F4N5O3. The number of alkyl halides is 3. The highest BCUT2D eigenvalue weighted by atomic mass is 19.4. The van der Waals surface area contributed by atoms with Gasteiger partial charge in [0.1, 0.15) is 17.4 Å². The summed E-state index contributed by atoms with van der Waals surface area (Å²) in [4.78, 5) is 29.5. The zero-order valence-electron chi connectivity index (χ0n) is 16.9. The van der Waals surface area contributed by atoms with Crippen LogP contribution in [0, 0.1) is 5.82 Å². The van der Waals surface area contributed by atoms with Gasteiger partial charge in [-0.25, -0.2) is 18.7 Å². The summed E-state index contributed by atoms with van der Waals surface area (Å²) in [6.45, 7) is 2.18. The molecule has 1 amide bonds. The van der Waals surface area contributed by atoms with Crippen LogP contribution in [-0.2, 0) is 11.3 Å². The number of rotatable bonds is 4. The van der Waals surface area contributed by atoms with Gasteiger partial charge in [-0.1, -0.05) is 0 Å². The number of esters is 1. The summed E-state index contributed by atoms with van der Waals surface area (Å²) < 4.78 is 60.3. The van der Waals surface area contributed by atoms with Gasteiger partial charge in [0.15, 0.2) is 11.5 Å². The second-order valence-electron chi connectivity index (χ2n) is 7.20. The van der Waals surface area contributed by atoms with Gasteiger partial charge >= 0.3 is 12.1 Å². The zero-order chi connectivity index (χ0) is 23.4. The van der Waals surface area contributed by atoms with E-state index in [2.05, 4.69) is 10.1 Å². The Morgan fingerprint density at radius 3 is 2.72 bits per heavy atom. The maximum atomic E-state index is 14.8. The first-order valence-electron chi connectivity index (χ1n) is 9.55. The van der Waals surface area contributed by atoms with Crippen LogP contribution in [0.5, 0.6) is 0 Å². The monoisotopic (exact) mass is 451 g/mol. The maximum Gasteiger partial charge on any atom is 0.408 e. The van der Waals surface area contributed by atoms with Crippen molar-refractivity contribution < 1.29 is 31.9 Å². The number of hydrogen-bond acceptors (Lipinski definition) is 6. The highest BCUT2D eigenvalue weighted by molar-refractivity contribution is 6.01. The molecule has 0 unspecified atom stereocenters. The Morgan fingerprint density at radius 1 is 1.34 bits per heavy atom. The fraction of sp³-hybridized carbons (Fsp3) is 0.300. The predicted octanol–water partition coefficient (Wildman–Crippen LogP) is 3.20. The fourth-order valence-corrected chi connectivity index (χ4v) is 3.57. The van der Waals surface area contributed by atoms with Gasteiger partial charge in [0.2, 0.25) is 0 Å². The minimum Gasteiger partial charge on any atom is -0.462 e. The van der Waals surface area contributed by atoms with Crippen molar-refractivity contribution in [3.63, 3.8) is 0 Å². The van der Waals surface area contributed by atoms with Gasteiger partial charge < -0.3 is 15.4 Å². The smallest absolute Gasteiger partial charge is 0.408 e.